The predicted molar refractivity (Wildman–Crippen MR) is 65.6 cm³/mol. The van der Waals surface area contributed by atoms with Crippen molar-refractivity contribution in [2.75, 3.05) is 18.0 Å². The summed E-state index contributed by atoms with van der Waals surface area (Å²) in [5.41, 5.74) is 0.969. The lowest BCUT2D eigenvalue weighted by Gasteiger charge is -2.17. The summed E-state index contributed by atoms with van der Waals surface area (Å²) in [6.07, 6.45) is 2.39. The molecule has 0 saturated carbocycles. The lowest BCUT2D eigenvalue weighted by molar-refractivity contribution is 0.468. The molecule has 0 bridgehead atoms. The van der Waals surface area contributed by atoms with Gasteiger partial charge in [0, 0.05) is 24.8 Å². The molecule has 17 heavy (non-hydrogen) atoms. The van der Waals surface area contributed by atoms with Crippen molar-refractivity contribution in [1.29, 1.82) is 0 Å². The fourth-order valence-corrected chi connectivity index (χ4v) is 2.31. The Kier molecular flexibility index (Phi) is 2.28. The highest BCUT2D eigenvalue weighted by Gasteiger charge is 2.13. The van der Waals surface area contributed by atoms with Crippen LogP contribution in [0.3, 0.4) is 0 Å². The molecule has 0 unspecified atom stereocenters. The van der Waals surface area contributed by atoms with Crippen LogP contribution in [-0.4, -0.2) is 18.2 Å². The molecule has 4 heteroatoms. The van der Waals surface area contributed by atoms with Crippen molar-refractivity contribution in [3.63, 3.8) is 0 Å². The number of nitrogens with zero attached hydrogens (tertiary/aromatic N) is 1. The van der Waals surface area contributed by atoms with E-state index in [1.165, 1.54) is 12.8 Å². The van der Waals surface area contributed by atoms with E-state index in [1.54, 1.807) is 6.07 Å². The number of hydrogen-bond donors (Lipinski definition) is 1. The van der Waals surface area contributed by atoms with Crippen LogP contribution in [0, 0.1) is 0 Å². The van der Waals surface area contributed by atoms with E-state index in [0.717, 1.165) is 24.8 Å². The first-order valence-electron chi connectivity index (χ1n) is 5.76. The van der Waals surface area contributed by atoms with E-state index in [2.05, 4.69) is 4.90 Å². The number of fused-ring (bicyclic) bond motifs is 1. The normalized spacial score (nSPS) is 15.6. The monoisotopic (exact) mass is 231 g/mol. The molecule has 1 aromatic carbocycles. The van der Waals surface area contributed by atoms with E-state index in [0.29, 0.717) is 11.0 Å². The predicted octanol–water partition coefficient (Wildman–Crippen LogP) is 2.10. The third-order valence-electron chi connectivity index (χ3n) is 3.18. The molecule has 88 valence electrons. The van der Waals surface area contributed by atoms with E-state index >= 15 is 0 Å². The van der Waals surface area contributed by atoms with Crippen LogP contribution in [0.15, 0.2) is 33.5 Å². The van der Waals surface area contributed by atoms with Crippen molar-refractivity contribution in [2.45, 2.75) is 12.8 Å². The molecule has 3 rings (SSSR count). The van der Waals surface area contributed by atoms with Crippen molar-refractivity contribution in [3.05, 3.63) is 34.7 Å². The second-order valence-electron chi connectivity index (χ2n) is 4.33. The topological polar surface area (TPSA) is 53.7 Å². The average molecular weight is 231 g/mol. The molecular weight excluding hydrogens is 218 g/mol. The van der Waals surface area contributed by atoms with Crippen LogP contribution >= 0.6 is 0 Å². The Morgan fingerprint density at radius 1 is 1.18 bits per heavy atom. The SMILES string of the molecule is O=c1cc(O)c2ccc(N3CCCC3)cc2o1. The molecule has 1 aliphatic rings. The van der Waals surface area contributed by atoms with E-state index in [9.17, 15) is 9.90 Å². The molecule has 1 fully saturated rings. The lowest BCUT2D eigenvalue weighted by Crippen LogP contribution is -2.17. The highest BCUT2D eigenvalue weighted by Crippen LogP contribution is 2.28. The van der Waals surface area contributed by atoms with Gasteiger partial charge in [0.15, 0.2) is 0 Å². The number of aromatic hydroxyl groups is 1. The fourth-order valence-electron chi connectivity index (χ4n) is 2.31. The van der Waals surface area contributed by atoms with Crippen LogP contribution < -0.4 is 10.5 Å². The van der Waals surface area contributed by atoms with Crippen LogP contribution in [-0.2, 0) is 0 Å². The first-order chi connectivity index (χ1) is 8.24. The number of anilines is 1. The molecule has 1 N–H and O–H groups in total. The molecule has 0 atom stereocenters. The zero-order valence-corrected chi connectivity index (χ0v) is 9.35. The van der Waals surface area contributed by atoms with Gasteiger partial charge in [-0.1, -0.05) is 0 Å². The Balaban J connectivity index is 2.14. The maximum atomic E-state index is 11.2. The van der Waals surface area contributed by atoms with Gasteiger partial charge >= 0.3 is 5.63 Å². The molecule has 1 saturated heterocycles. The van der Waals surface area contributed by atoms with E-state index < -0.39 is 5.63 Å². The highest BCUT2D eigenvalue weighted by atomic mass is 16.4. The minimum Gasteiger partial charge on any atom is -0.507 e. The van der Waals surface area contributed by atoms with Crippen molar-refractivity contribution < 1.29 is 9.52 Å². The smallest absolute Gasteiger partial charge is 0.339 e. The molecule has 0 amide bonds. The minimum atomic E-state index is -0.520. The Bertz CT molecular complexity index is 612. The molecule has 2 aromatic rings. The summed E-state index contributed by atoms with van der Waals surface area (Å²) in [5.74, 6) is -0.0239. The van der Waals surface area contributed by atoms with Crippen LogP contribution in [0.2, 0.25) is 0 Å². The average Bonchev–Trinajstić information content (AvgIpc) is 2.81. The molecular formula is C13H13NO3. The van der Waals surface area contributed by atoms with Crippen molar-refractivity contribution >= 4 is 16.7 Å². The molecule has 4 nitrogen and oxygen atoms in total. The van der Waals surface area contributed by atoms with Gasteiger partial charge in [0.25, 0.3) is 0 Å². The Hall–Kier alpha value is -1.97. The van der Waals surface area contributed by atoms with Gasteiger partial charge in [-0.15, -0.1) is 0 Å². The summed E-state index contributed by atoms with van der Waals surface area (Å²) in [6, 6.07) is 6.66. The summed E-state index contributed by atoms with van der Waals surface area (Å²) in [7, 11) is 0. The summed E-state index contributed by atoms with van der Waals surface area (Å²) in [6.45, 7) is 2.07. The first kappa shape index (κ1) is 10.2. The standard InChI is InChI=1S/C13H13NO3/c15-11-8-13(16)17-12-7-9(3-4-10(11)12)14-5-1-2-6-14/h3-4,7-8,15H,1-2,5-6H2. The maximum absolute atomic E-state index is 11.2. The Morgan fingerprint density at radius 2 is 1.94 bits per heavy atom. The largest absolute Gasteiger partial charge is 0.507 e. The van der Waals surface area contributed by atoms with Gasteiger partial charge in [-0.2, -0.15) is 0 Å². The van der Waals surface area contributed by atoms with Gasteiger partial charge < -0.3 is 14.4 Å². The Morgan fingerprint density at radius 3 is 2.71 bits per heavy atom. The first-order valence-corrected chi connectivity index (χ1v) is 5.76. The van der Waals surface area contributed by atoms with Gasteiger partial charge in [-0.05, 0) is 25.0 Å². The molecule has 0 aliphatic carbocycles. The third kappa shape index (κ3) is 1.75. The van der Waals surface area contributed by atoms with E-state index in [-0.39, 0.29) is 5.75 Å². The van der Waals surface area contributed by atoms with Crippen molar-refractivity contribution in [3.8, 4) is 5.75 Å². The summed E-state index contributed by atoms with van der Waals surface area (Å²) in [5, 5.41) is 10.2. The van der Waals surface area contributed by atoms with Crippen LogP contribution in [0.4, 0.5) is 5.69 Å². The van der Waals surface area contributed by atoms with Crippen LogP contribution in [0.5, 0.6) is 5.75 Å². The van der Waals surface area contributed by atoms with Crippen molar-refractivity contribution in [1.82, 2.24) is 0 Å². The zero-order valence-electron chi connectivity index (χ0n) is 9.35. The number of benzene rings is 1. The number of hydrogen-bond acceptors (Lipinski definition) is 4. The van der Waals surface area contributed by atoms with Gasteiger partial charge in [-0.3, -0.25) is 0 Å². The molecule has 1 aromatic heterocycles. The van der Waals surface area contributed by atoms with E-state index in [4.69, 9.17) is 4.42 Å². The molecule has 2 heterocycles. The van der Waals surface area contributed by atoms with Gasteiger partial charge in [0.2, 0.25) is 0 Å². The summed E-state index contributed by atoms with van der Waals surface area (Å²) < 4.78 is 5.10. The molecule has 1 aliphatic heterocycles. The lowest BCUT2D eigenvalue weighted by atomic mass is 10.2. The second kappa shape index (κ2) is 3.80. The van der Waals surface area contributed by atoms with Crippen LogP contribution in [0.1, 0.15) is 12.8 Å². The third-order valence-corrected chi connectivity index (χ3v) is 3.18. The summed E-state index contributed by atoms with van der Waals surface area (Å²) >= 11 is 0. The van der Waals surface area contributed by atoms with Crippen LogP contribution in [0.25, 0.3) is 11.0 Å². The second-order valence-corrected chi connectivity index (χ2v) is 4.33. The van der Waals surface area contributed by atoms with Gasteiger partial charge in [0.05, 0.1) is 11.5 Å². The zero-order chi connectivity index (χ0) is 11.8. The fraction of sp³-hybridized carbons (Fsp3) is 0.308. The quantitative estimate of drug-likeness (QED) is 0.763. The minimum absolute atomic E-state index is 0.0239. The van der Waals surface area contributed by atoms with Crippen molar-refractivity contribution in [2.24, 2.45) is 0 Å². The maximum Gasteiger partial charge on any atom is 0.339 e. The molecule has 0 radical (unpaired) electrons. The highest BCUT2D eigenvalue weighted by molar-refractivity contribution is 5.85. The molecule has 0 spiro atoms. The number of rotatable bonds is 1. The Labute approximate surface area is 98.1 Å². The van der Waals surface area contributed by atoms with Gasteiger partial charge in [0.1, 0.15) is 11.3 Å². The summed E-state index contributed by atoms with van der Waals surface area (Å²) in [4.78, 5) is 13.5. The van der Waals surface area contributed by atoms with Gasteiger partial charge in [-0.25, -0.2) is 4.79 Å². The van der Waals surface area contributed by atoms with E-state index in [1.807, 2.05) is 12.1 Å².